The predicted octanol–water partition coefficient (Wildman–Crippen LogP) is 13.2. The smallest absolute Gasteiger partial charge is 0.143 e. The van der Waals surface area contributed by atoms with Crippen LogP contribution < -0.4 is 5.73 Å². The molecule has 0 spiro atoms. The van der Waals surface area contributed by atoms with Crippen molar-refractivity contribution in [1.29, 1.82) is 10.7 Å². The number of furan rings is 1. The number of hydrogen-bond acceptors (Lipinski definition) is 3. The minimum Gasteiger partial charge on any atom is -0.455 e. The molecule has 4 heteroatoms. The van der Waals surface area contributed by atoms with Crippen molar-refractivity contribution in [1.82, 2.24) is 0 Å². The van der Waals surface area contributed by atoms with E-state index >= 15 is 0 Å². The molecule has 9 rings (SSSR count). The van der Waals surface area contributed by atoms with Crippen molar-refractivity contribution in [2.75, 3.05) is 0 Å². The van der Waals surface area contributed by atoms with Crippen LogP contribution >= 0.6 is 0 Å². The van der Waals surface area contributed by atoms with Gasteiger partial charge in [0.1, 0.15) is 17.0 Å². The SMILES string of the molecule is CC(c1ccccc1)c1ccc(-c2ccc(-c3ccc(C#N)cc3)c3oc4c(-c5ccccc5)cc(-c5ccccc5)cc4c23)cc1.N=C(N)c1ccccc1. The topological polar surface area (TPSA) is 86.8 Å². The molecule has 1 atom stereocenters. The van der Waals surface area contributed by atoms with Gasteiger partial charge in [-0.2, -0.15) is 5.26 Å². The molecule has 0 fully saturated rings. The summed E-state index contributed by atoms with van der Waals surface area (Å²) in [6.07, 6.45) is 0. The first-order chi connectivity index (χ1) is 27.5. The van der Waals surface area contributed by atoms with E-state index in [9.17, 15) is 5.26 Å². The number of rotatable bonds is 7. The lowest BCUT2D eigenvalue weighted by molar-refractivity contribution is 0.671. The Balaban J connectivity index is 0.000000433. The molecule has 0 radical (unpaired) electrons. The first-order valence-electron chi connectivity index (χ1n) is 18.7. The number of nitrogen functional groups attached to an aromatic ring is 1. The Kier molecular flexibility index (Phi) is 10.1. The van der Waals surface area contributed by atoms with Gasteiger partial charge in [0.2, 0.25) is 0 Å². The Morgan fingerprint density at radius 3 is 1.61 bits per heavy atom. The Labute approximate surface area is 327 Å². The van der Waals surface area contributed by atoms with Crippen molar-refractivity contribution >= 4 is 27.8 Å². The number of fused-ring (bicyclic) bond motifs is 3. The highest BCUT2D eigenvalue weighted by Crippen LogP contribution is 2.46. The van der Waals surface area contributed by atoms with E-state index in [0.29, 0.717) is 11.5 Å². The zero-order chi connectivity index (χ0) is 38.4. The molecule has 0 amide bonds. The molecular formula is C52H39N3O. The maximum atomic E-state index is 9.44. The fourth-order valence-electron chi connectivity index (χ4n) is 7.31. The van der Waals surface area contributed by atoms with Crippen LogP contribution in [0.15, 0.2) is 199 Å². The monoisotopic (exact) mass is 721 g/mol. The Bertz CT molecular complexity index is 2800. The first kappa shape index (κ1) is 35.5. The van der Waals surface area contributed by atoms with Crippen LogP contribution in [0.25, 0.3) is 66.4 Å². The number of hydrogen-bond donors (Lipinski definition) is 2. The Hall–Kier alpha value is -7.48. The third-order valence-electron chi connectivity index (χ3n) is 10.3. The second-order valence-electron chi connectivity index (χ2n) is 13.8. The largest absolute Gasteiger partial charge is 0.455 e. The van der Waals surface area contributed by atoms with Crippen LogP contribution in [0.2, 0.25) is 0 Å². The maximum Gasteiger partial charge on any atom is 0.143 e. The van der Waals surface area contributed by atoms with E-state index in [1.54, 1.807) is 0 Å². The second kappa shape index (κ2) is 15.9. The highest BCUT2D eigenvalue weighted by Gasteiger charge is 2.21. The number of nitriles is 1. The quantitative estimate of drug-likeness (QED) is 0.127. The summed E-state index contributed by atoms with van der Waals surface area (Å²) in [7, 11) is 0. The minimum absolute atomic E-state index is 0.121. The molecule has 0 bridgehead atoms. The molecule has 0 saturated carbocycles. The third-order valence-corrected chi connectivity index (χ3v) is 10.3. The van der Waals surface area contributed by atoms with Crippen LogP contribution in [0, 0.1) is 16.7 Å². The lowest BCUT2D eigenvalue weighted by Gasteiger charge is -2.14. The molecule has 56 heavy (non-hydrogen) atoms. The lowest BCUT2D eigenvalue weighted by atomic mass is 9.89. The zero-order valence-electron chi connectivity index (χ0n) is 31.0. The van der Waals surface area contributed by atoms with Crippen LogP contribution in [0.1, 0.15) is 35.1 Å². The molecule has 0 aliphatic heterocycles. The van der Waals surface area contributed by atoms with Gasteiger partial charge < -0.3 is 10.2 Å². The number of nitrogens with zero attached hydrogens (tertiary/aromatic N) is 1. The fraction of sp³-hybridized carbons (Fsp3) is 0.0385. The molecule has 0 saturated heterocycles. The molecule has 9 aromatic rings. The van der Waals surface area contributed by atoms with Gasteiger partial charge in [-0.05, 0) is 74.8 Å². The van der Waals surface area contributed by atoms with E-state index < -0.39 is 0 Å². The van der Waals surface area contributed by atoms with Crippen LogP contribution in [0.4, 0.5) is 0 Å². The van der Waals surface area contributed by atoms with Gasteiger partial charge >= 0.3 is 0 Å². The summed E-state index contributed by atoms with van der Waals surface area (Å²) >= 11 is 0. The van der Waals surface area contributed by atoms with E-state index in [4.69, 9.17) is 15.6 Å². The Morgan fingerprint density at radius 2 is 1.02 bits per heavy atom. The van der Waals surface area contributed by atoms with Crippen molar-refractivity contribution in [3.8, 4) is 50.6 Å². The molecule has 1 aromatic heterocycles. The lowest BCUT2D eigenvalue weighted by Crippen LogP contribution is -2.10. The molecule has 4 nitrogen and oxygen atoms in total. The van der Waals surface area contributed by atoms with Crippen molar-refractivity contribution in [2.24, 2.45) is 5.73 Å². The van der Waals surface area contributed by atoms with Crippen LogP contribution in [0.3, 0.4) is 0 Å². The van der Waals surface area contributed by atoms with E-state index in [-0.39, 0.29) is 5.84 Å². The number of amidine groups is 1. The van der Waals surface area contributed by atoms with Gasteiger partial charge in [-0.3, -0.25) is 5.41 Å². The molecular weight excluding hydrogens is 683 g/mol. The maximum absolute atomic E-state index is 9.44. The number of benzene rings is 8. The summed E-state index contributed by atoms with van der Waals surface area (Å²) in [5.74, 6) is 0.413. The highest BCUT2D eigenvalue weighted by atomic mass is 16.3. The van der Waals surface area contributed by atoms with Gasteiger partial charge in [-0.15, -0.1) is 0 Å². The average molecular weight is 722 g/mol. The van der Waals surface area contributed by atoms with Gasteiger partial charge in [0.25, 0.3) is 0 Å². The van der Waals surface area contributed by atoms with Crippen molar-refractivity contribution in [3.05, 3.63) is 216 Å². The molecule has 268 valence electrons. The average Bonchev–Trinajstić information content (AvgIpc) is 3.67. The standard InChI is InChI=1S/C45H31NO.C7H8N2/c1-30(32-11-5-2-6-12-32)33-21-23-36(24-22-33)39-25-26-40(37-19-17-31(29-46)18-20-37)45-43(39)42-28-38(34-13-7-3-8-14-34)27-41(44(42)47-45)35-15-9-4-10-16-35;8-7(9)6-4-2-1-3-5-6/h2-28,30H,1H3;1-5H,(H3,8,9). The summed E-state index contributed by atoms with van der Waals surface area (Å²) < 4.78 is 6.99. The zero-order valence-corrected chi connectivity index (χ0v) is 31.0. The molecule has 8 aromatic carbocycles. The van der Waals surface area contributed by atoms with Crippen LogP contribution in [-0.4, -0.2) is 5.84 Å². The fourth-order valence-corrected chi connectivity index (χ4v) is 7.31. The predicted molar refractivity (Wildman–Crippen MR) is 232 cm³/mol. The van der Waals surface area contributed by atoms with Gasteiger partial charge in [0, 0.05) is 33.4 Å². The van der Waals surface area contributed by atoms with Crippen molar-refractivity contribution < 1.29 is 4.42 Å². The number of nitrogens with one attached hydrogen (secondary N) is 1. The molecule has 1 heterocycles. The summed E-state index contributed by atoms with van der Waals surface area (Å²) in [4.78, 5) is 0. The van der Waals surface area contributed by atoms with Crippen LogP contribution in [-0.2, 0) is 0 Å². The molecule has 3 N–H and O–H groups in total. The summed E-state index contributed by atoms with van der Waals surface area (Å²) in [5, 5.41) is 18.6. The van der Waals surface area contributed by atoms with Gasteiger partial charge in [0.15, 0.2) is 0 Å². The van der Waals surface area contributed by atoms with E-state index in [2.05, 4.69) is 146 Å². The van der Waals surface area contributed by atoms with E-state index in [0.717, 1.165) is 72.0 Å². The van der Waals surface area contributed by atoms with E-state index in [1.165, 1.54) is 11.1 Å². The highest BCUT2D eigenvalue weighted by molar-refractivity contribution is 6.19. The van der Waals surface area contributed by atoms with Crippen molar-refractivity contribution in [3.63, 3.8) is 0 Å². The van der Waals surface area contributed by atoms with Gasteiger partial charge in [-0.1, -0.05) is 171 Å². The number of nitrogens with two attached hydrogens (primary N) is 1. The summed E-state index contributed by atoms with van der Waals surface area (Å²) in [6, 6.07) is 68.8. The van der Waals surface area contributed by atoms with Gasteiger partial charge in [0.05, 0.1) is 11.6 Å². The van der Waals surface area contributed by atoms with E-state index in [1.807, 2.05) is 60.7 Å². The molecule has 1 unspecified atom stereocenters. The second-order valence-corrected chi connectivity index (χ2v) is 13.8. The summed E-state index contributed by atoms with van der Waals surface area (Å²) in [5.41, 5.74) is 19.6. The Morgan fingerprint density at radius 1 is 0.518 bits per heavy atom. The third kappa shape index (κ3) is 7.22. The van der Waals surface area contributed by atoms with Gasteiger partial charge in [-0.25, -0.2) is 0 Å². The summed E-state index contributed by atoms with van der Waals surface area (Å²) in [6.45, 7) is 2.26. The van der Waals surface area contributed by atoms with Crippen LogP contribution in [0.5, 0.6) is 0 Å². The minimum atomic E-state index is 0.121. The normalized spacial score (nSPS) is 11.4. The first-order valence-corrected chi connectivity index (χ1v) is 18.7. The van der Waals surface area contributed by atoms with Crippen molar-refractivity contribution in [2.45, 2.75) is 12.8 Å². The molecule has 0 aliphatic carbocycles. The molecule has 0 aliphatic rings.